The summed E-state index contributed by atoms with van der Waals surface area (Å²) < 4.78 is 10.3. The maximum absolute atomic E-state index is 10.7. The summed E-state index contributed by atoms with van der Waals surface area (Å²) in [6.45, 7) is -0.0809. The molecule has 2 N–H and O–H groups in total. The smallest absolute Gasteiger partial charge is 0.370 e. The molecule has 0 aromatic carbocycles. The molecular weight excluding hydrogens is 200 g/mol. The van der Waals surface area contributed by atoms with Crippen molar-refractivity contribution in [3.05, 3.63) is 11.8 Å². The second-order valence-corrected chi connectivity index (χ2v) is 3.47. The van der Waals surface area contributed by atoms with E-state index in [0.717, 1.165) is 6.42 Å². The summed E-state index contributed by atoms with van der Waals surface area (Å²) >= 11 is 0. The Balaban J connectivity index is 2.46. The number of hydrogen-bond donors (Lipinski definition) is 2. The van der Waals surface area contributed by atoms with E-state index in [0.29, 0.717) is 12.8 Å². The van der Waals surface area contributed by atoms with Crippen molar-refractivity contribution >= 4 is 5.97 Å². The molecule has 0 unspecified atom stereocenters. The van der Waals surface area contributed by atoms with Crippen molar-refractivity contribution in [2.75, 3.05) is 13.7 Å². The van der Waals surface area contributed by atoms with E-state index in [1.54, 1.807) is 6.08 Å². The Labute approximate surface area is 88.3 Å². The zero-order chi connectivity index (χ0) is 11.3. The number of carboxylic acids is 1. The van der Waals surface area contributed by atoms with Gasteiger partial charge in [0.15, 0.2) is 0 Å². The molecule has 0 amide bonds. The zero-order valence-corrected chi connectivity index (χ0v) is 8.68. The van der Waals surface area contributed by atoms with E-state index >= 15 is 0 Å². The van der Waals surface area contributed by atoms with Gasteiger partial charge in [0.1, 0.15) is 6.10 Å². The number of methoxy groups -OCH3 is 1. The van der Waals surface area contributed by atoms with Gasteiger partial charge in [-0.1, -0.05) is 0 Å². The Kier molecular flexibility index (Phi) is 4.58. The summed E-state index contributed by atoms with van der Waals surface area (Å²) in [6.07, 6.45) is 3.06. The molecule has 0 bridgehead atoms. The largest absolute Gasteiger partial charge is 0.483 e. The lowest BCUT2D eigenvalue weighted by Crippen LogP contribution is -2.28. The first kappa shape index (κ1) is 12.0. The Morgan fingerprint density at radius 2 is 2.53 bits per heavy atom. The van der Waals surface area contributed by atoms with E-state index in [4.69, 9.17) is 19.7 Å². The quantitative estimate of drug-likeness (QED) is 0.701. The number of ether oxygens (including phenoxy) is 2. The number of aliphatic hydroxyl groups is 1. The van der Waals surface area contributed by atoms with Crippen LogP contribution in [0.3, 0.4) is 0 Å². The van der Waals surface area contributed by atoms with Gasteiger partial charge in [-0.2, -0.15) is 0 Å². The van der Waals surface area contributed by atoms with Crippen LogP contribution >= 0.6 is 0 Å². The van der Waals surface area contributed by atoms with Crippen LogP contribution in [0.1, 0.15) is 19.3 Å². The van der Waals surface area contributed by atoms with Crippen molar-refractivity contribution < 1.29 is 24.5 Å². The highest BCUT2D eigenvalue weighted by molar-refractivity contribution is 5.84. The van der Waals surface area contributed by atoms with E-state index in [1.807, 2.05) is 0 Å². The summed E-state index contributed by atoms with van der Waals surface area (Å²) in [7, 11) is 1.51. The molecule has 1 heterocycles. The van der Waals surface area contributed by atoms with Crippen LogP contribution in [0, 0.1) is 0 Å². The van der Waals surface area contributed by atoms with Gasteiger partial charge in [-0.15, -0.1) is 0 Å². The van der Waals surface area contributed by atoms with Crippen LogP contribution in [0.2, 0.25) is 0 Å². The molecule has 2 atom stereocenters. The summed E-state index contributed by atoms with van der Waals surface area (Å²) in [4.78, 5) is 10.7. The van der Waals surface area contributed by atoms with Crippen LogP contribution in [-0.4, -0.2) is 42.1 Å². The van der Waals surface area contributed by atoms with Crippen LogP contribution in [0.5, 0.6) is 0 Å². The third kappa shape index (κ3) is 3.53. The van der Waals surface area contributed by atoms with Crippen molar-refractivity contribution in [1.82, 2.24) is 0 Å². The molecular formula is C10H16O5. The third-order valence-corrected chi connectivity index (χ3v) is 2.39. The third-order valence-electron chi connectivity index (χ3n) is 2.39. The molecule has 0 saturated heterocycles. The average Bonchev–Trinajstić information content (AvgIpc) is 2.26. The number of carbonyl (C=O) groups is 1. The topological polar surface area (TPSA) is 76.0 Å². The standard InChI is InChI=1S/C10H16O5/c1-14-8(6-11)5-7-3-2-4-9(15-7)10(12)13/h4,7-8,11H,2-3,5-6H2,1H3,(H,12,13)/t7-,8-/m1/s1. The number of aliphatic carboxylic acids is 1. The summed E-state index contributed by atoms with van der Waals surface area (Å²) in [6, 6.07) is 0. The highest BCUT2D eigenvalue weighted by Gasteiger charge is 2.23. The number of hydrogen-bond acceptors (Lipinski definition) is 4. The van der Waals surface area contributed by atoms with Gasteiger partial charge in [0.25, 0.3) is 0 Å². The Morgan fingerprint density at radius 1 is 1.80 bits per heavy atom. The predicted octanol–water partition coefficient (Wildman–Crippen LogP) is 0.531. The van der Waals surface area contributed by atoms with Gasteiger partial charge in [0, 0.05) is 13.5 Å². The molecule has 0 aromatic rings. The fraction of sp³-hybridized carbons (Fsp3) is 0.700. The number of allylic oxidation sites excluding steroid dienone is 1. The minimum atomic E-state index is -1.04. The highest BCUT2D eigenvalue weighted by atomic mass is 16.5. The molecule has 0 radical (unpaired) electrons. The Morgan fingerprint density at radius 3 is 3.07 bits per heavy atom. The summed E-state index contributed by atoms with van der Waals surface area (Å²) in [5.41, 5.74) is 0. The molecule has 1 aliphatic rings. The van der Waals surface area contributed by atoms with Crippen molar-refractivity contribution in [1.29, 1.82) is 0 Å². The second kappa shape index (κ2) is 5.72. The first-order valence-electron chi connectivity index (χ1n) is 4.91. The minimum absolute atomic E-state index is 0.000886. The molecule has 1 aliphatic heterocycles. The molecule has 0 spiro atoms. The van der Waals surface area contributed by atoms with E-state index < -0.39 is 5.97 Å². The fourth-order valence-electron chi connectivity index (χ4n) is 1.53. The van der Waals surface area contributed by atoms with Crippen LogP contribution in [0.4, 0.5) is 0 Å². The monoisotopic (exact) mass is 216 g/mol. The fourth-order valence-corrected chi connectivity index (χ4v) is 1.53. The SMILES string of the molecule is CO[C@@H](CO)C[C@H]1CCC=C(C(=O)O)O1. The van der Waals surface area contributed by atoms with E-state index in [9.17, 15) is 4.79 Å². The summed E-state index contributed by atoms with van der Waals surface area (Å²) in [5.74, 6) is -1.04. The first-order chi connectivity index (χ1) is 7.17. The van der Waals surface area contributed by atoms with E-state index in [1.165, 1.54) is 7.11 Å². The van der Waals surface area contributed by atoms with Gasteiger partial charge in [-0.05, 0) is 18.9 Å². The van der Waals surface area contributed by atoms with Gasteiger partial charge in [0.05, 0.1) is 12.7 Å². The van der Waals surface area contributed by atoms with Crippen molar-refractivity contribution in [3.8, 4) is 0 Å². The van der Waals surface area contributed by atoms with Crippen molar-refractivity contribution in [2.24, 2.45) is 0 Å². The molecule has 5 nitrogen and oxygen atoms in total. The van der Waals surface area contributed by atoms with E-state index in [2.05, 4.69) is 0 Å². The number of carboxylic acid groups (broad SMARTS) is 1. The lowest BCUT2D eigenvalue weighted by molar-refractivity contribution is -0.138. The number of rotatable bonds is 5. The molecule has 15 heavy (non-hydrogen) atoms. The maximum Gasteiger partial charge on any atom is 0.370 e. The highest BCUT2D eigenvalue weighted by Crippen LogP contribution is 2.21. The van der Waals surface area contributed by atoms with Gasteiger partial charge in [0.2, 0.25) is 5.76 Å². The minimum Gasteiger partial charge on any atom is -0.483 e. The molecule has 86 valence electrons. The van der Waals surface area contributed by atoms with Crippen LogP contribution in [-0.2, 0) is 14.3 Å². The summed E-state index contributed by atoms with van der Waals surface area (Å²) in [5, 5.41) is 17.7. The molecule has 0 aliphatic carbocycles. The molecule has 0 saturated carbocycles. The average molecular weight is 216 g/mol. The molecule has 0 aromatic heterocycles. The molecule has 5 heteroatoms. The van der Waals surface area contributed by atoms with Crippen LogP contribution in [0.25, 0.3) is 0 Å². The normalized spacial score (nSPS) is 22.8. The lowest BCUT2D eigenvalue weighted by atomic mass is 10.0. The van der Waals surface area contributed by atoms with Gasteiger partial charge >= 0.3 is 5.97 Å². The zero-order valence-electron chi connectivity index (χ0n) is 8.68. The van der Waals surface area contributed by atoms with Gasteiger partial charge in [-0.25, -0.2) is 4.79 Å². The van der Waals surface area contributed by atoms with Gasteiger partial charge in [-0.3, -0.25) is 0 Å². The van der Waals surface area contributed by atoms with Gasteiger partial charge < -0.3 is 19.7 Å². The maximum atomic E-state index is 10.7. The van der Waals surface area contributed by atoms with Crippen LogP contribution in [0.15, 0.2) is 11.8 Å². The predicted molar refractivity (Wildman–Crippen MR) is 52.3 cm³/mol. The van der Waals surface area contributed by atoms with E-state index in [-0.39, 0.29) is 24.6 Å². The lowest BCUT2D eigenvalue weighted by Gasteiger charge is -2.25. The molecule has 1 rings (SSSR count). The van der Waals surface area contributed by atoms with Crippen molar-refractivity contribution in [2.45, 2.75) is 31.5 Å². The first-order valence-corrected chi connectivity index (χ1v) is 4.91. The second-order valence-electron chi connectivity index (χ2n) is 3.47. The Bertz CT molecular complexity index is 244. The van der Waals surface area contributed by atoms with Crippen LogP contribution < -0.4 is 0 Å². The Hall–Kier alpha value is -1.07. The van der Waals surface area contributed by atoms with Crippen molar-refractivity contribution in [3.63, 3.8) is 0 Å². The molecule has 0 fully saturated rings. The number of aliphatic hydroxyl groups excluding tert-OH is 1.